The standard InChI is InChI=1S/C18H21BrN2O2/c1-20-18(22)15-8-6-14(7-9-15)13-21(2)10-11-23-17-5-3-4-16(19)12-17/h3-9,12H,10-11,13H2,1-2H3,(H,20,22). The number of nitrogens with one attached hydrogen (secondary N) is 1. The fourth-order valence-electron chi connectivity index (χ4n) is 2.17. The molecule has 0 radical (unpaired) electrons. The molecule has 2 aromatic rings. The largest absolute Gasteiger partial charge is 0.492 e. The van der Waals surface area contributed by atoms with E-state index in [-0.39, 0.29) is 5.91 Å². The van der Waals surface area contributed by atoms with E-state index >= 15 is 0 Å². The molecule has 0 saturated heterocycles. The van der Waals surface area contributed by atoms with Crippen LogP contribution in [0, 0.1) is 0 Å². The van der Waals surface area contributed by atoms with Crippen LogP contribution in [0.15, 0.2) is 53.0 Å². The van der Waals surface area contributed by atoms with Crippen molar-refractivity contribution in [1.29, 1.82) is 0 Å². The van der Waals surface area contributed by atoms with Gasteiger partial charge in [-0.1, -0.05) is 34.1 Å². The van der Waals surface area contributed by atoms with E-state index in [4.69, 9.17) is 4.74 Å². The maximum absolute atomic E-state index is 11.5. The van der Waals surface area contributed by atoms with Crippen molar-refractivity contribution in [1.82, 2.24) is 10.2 Å². The lowest BCUT2D eigenvalue weighted by atomic mass is 10.1. The molecule has 0 aliphatic rings. The Bertz CT molecular complexity index is 644. The lowest BCUT2D eigenvalue weighted by Crippen LogP contribution is -2.24. The van der Waals surface area contributed by atoms with Gasteiger partial charge in [0.2, 0.25) is 0 Å². The highest BCUT2D eigenvalue weighted by molar-refractivity contribution is 9.10. The predicted molar refractivity (Wildman–Crippen MR) is 95.8 cm³/mol. The second-order valence-corrected chi connectivity index (χ2v) is 6.24. The summed E-state index contributed by atoms with van der Waals surface area (Å²) in [7, 11) is 3.69. The number of carbonyl (C=O) groups is 1. The molecule has 0 fully saturated rings. The first-order valence-electron chi connectivity index (χ1n) is 7.46. The van der Waals surface area contributed by atoms with Crippen molar-refractivity contribution >= 4 is 21.8 Å². The highest BCUT2D eigenvalue weighted by Gasteiger charge is 2.05. The van der Waals surface area contributed by atoms with Crippen molar-refractivity contribution < 1.29 is 9.53 Å². The summed E-state index contributed by atoms with van der Waals surface area (Å²) < 4.78 is 6.75. The van der Waals surface area contributed by atoms with E-state index in [0.29, 0.717) is 12.2 Å². The minimum Gasteiger partial charge on any atom is -0.492 e. The number of benzene rings is 2. The Morgan fingerprint density at radius 3 is 2.61 bits per heavy atom. The minimum absolute atomic E-state index is 0.0627. The Morgan fingerprint density at radius 2 is 1.96 bits per heavy atom. The lowest BCUT2D eigenvalue weighted by Gasteiger charge is -2.17. The summed E-state index contributed by atoms with van der Waals surface area (Å²) in [4.78, 5) is 13.7. The highest BCUT2D eigenvalue weighted by Crippen LogP contribution is 2.17. The molecule has 1 amide bonds. The monoisotopic (exact) mass is 376 g/mol. The van der Waals surface area contributed by atoms with Crippen LogP contribution in [-0.2, 0) is 6.54 Å². The third-order valence-electron chi connectivity index (χ3n) is 3.43. The molecule has 5 heteroatoms. The van der Waals surface area contributed by atoms with Gasteiger partial charge in [0.25, 0.3) is 5.91 Å². The molecule has 0 heterocycles. The molecular formula is C18H21BrN2O2. The first-order valence-corrected chi connectivity index (χ1v) is 8.25. The molecule has 0 saturated carbocycles. The van der Waals surface area contributed by atoms with Crippen molar-refractivity contribution in [3.05, 3.63) is 64.1 Å². The van der Waals surface area contributed by atoms with Crippen LogP contribution in [0.5, 0.6) is 5.75 Å². The second-order valence-electron chi connectivity index (χ2n) is 5.32. The number of ether oxygens (including phenoxy) is 1. The topological polar surface area (TPSA) is 41.6 Å². The van der Waals surface area contributed by atoms with E-state index in [9.17, 15) is 4.79 Å². The van der Waals surface area contributed by atoms with Crippen LogP contribution in [0.2, 0.25) is 0 Å². The fraction of sp³-hybridized carbons (Fsp3) is 0.278. The van der Waals surface area contributed by atoms with Crippen molar-refractivity contribution in [3.63, 3.8) is 0 Å². The molecule has 0 unspecified atom stereocenters. The fourth-order valence-corrected chi connectivity index (χ4v) is 2.55. The van der Waals surface area contributed by atoms with Gasteiger partial charge in [0.1, 0.15) is 12.4 Å². The molecule has 0 aliphatic heterocycles. The third kappa shape index (κ3) is 5.69. The molecule has 0 aromatic heterocycles. The van der Waals surface area contributed by atoms with Crippen molar-refractivity contribution in [2.24, 2.45) is 0 Å². The molecule has 0 aliphatic carbocycles. The molecule has 0 atom stereocenters. The molecule has 23 heavy (non-hydrogen) atoms. The molecule has 0 spiro atoms. The van der Waals surface area contributed by atoms with Gasteiger partial charge in [0.05, 0.1) is 0 Å². The maximum Gasteiger partial charge on any atom is 0.251 e. The average Bonchev–Trinajstić information content (AvgIpc) is 2.55. The Hall–Kier alpha value is -1.85. The van der Waals surface area contributed by atoms with Gasteiger partial charge in [0.15, 0.2) is 0 Å². The van der Waals surface area contributed by atoms with Gasteiger partial charge >= 0.3 is 0 Å². The molecule has 1 N–H and O–H groups in total. The minimum atomic E-state index is -0.0627. The number of halogens is 1. The van der Waals surface area contributed by atoms with E-state index in [1.54, 1.807) is 7.05 Å². The van der Waals surface area contributed by atoms with Crippen molar-refractivity contribution in [2.75, 3.05) is 27.2 Å². The van der Waals surface area contributed by atoms with Gasteiger partial charge in [0, 0.05) is 30.2 Å². The van der Waals surface area contributed by atoms with Gasteiger partial charge in [-0.15, -0.1) is 0 Å². The number of carbonyl (C=O) groups excluding carboxylic acids is 1. The smallest absolute Gasteiger partial charge is 0.251 e. The predicted octanol–water partition coefficient (Wildman–Crippen LogP) is 3.32. The number of nitrogens with zero attached hydrogens (tertiary/aromatic N) is 1. The van der Waals surface area contributed by atoms with Crippen LogP contribution >= 0.6 is 15.9 Å². The van der Waals surface area contributed by atoms with Gasteiger partial charge in [-0.25, -0.2) is 0 Å². The van der Waals surface area contributed by atoms with Gasteiger partial charge in [-0.2, -0.15) is 0 Å². The average molecular weight is 377 g/mol. The van der Waals surface area contributed by atoms with E-state index in [0.717, 1.165) is 23.3 Å². The van der Waals surface area contributed by atoms with Crippen LogP contribution in [0.4, 0.5) is 0 Å². The van der Waals surface area contributed by atoms with E-state index in [1.807, 2.05) is 48.5 Å². The molecular weight excluding hydrogens is 356 g/mol. The number of hydrogen-bond acceptors (Lipinski definition) is 3. The summed E-state index contributed by atoms with van der Waals surface area (Å²) in [6.07, 6.45) is 0. The number of likely N-dealkylation sites (N-methyl/N-ethyl adjacent to an activating group) is 1. The number of amides is 1. The summed E-state index contributed by atoms with van der Waals surface area (Å²) >= 11 is 3.43. The first-order chi connectivity index (χ1) is 11.1. The Labute approximate surface area is 145 Å². The van der Waals surface area contributed by atoms with Crippen molar-refractivity contribution in [3.8, 4) is 5.75 Å². The molecule has 2 rings (SSSR count). The van der Waals surface area contributed by atoms with Crippen molar-refractivity contribution in [2.45, 2.75) is 6.54 Å². The highest BCUT2D eigenvalue weighted by atomic mass is 79.9. The summed E-state index contributed by atoms with van der Waals surface area (Å²) in [6.45, 7) is 2.27. The van der Waals surface area contributed by atoms with E-state index in [2.05, 4.69) is 33.2 Å². The number of rotatable bonds is 7. The molecule has 0 bridgehead atoms. The Kier molecular flexibility index (Phi) is 6.62. The SMILES string of the molecule is CNC(=O)c1ccc(CN(C)CCOc2cccc(Br)c2)cc1. The van der Waals surface area contributed by atoms with Gasteiger partial charge in [-0.3, -0.25) is 9.69 Å². The van der Waals surface area contributed by atoms with E-state index < -0.39 is 0 Å². The normalized spacial score (nSPS) is 10.6. The zero-order chi connectivity index (χ0) is 16.7. The van der Waals surface area contributed by atoms with Crippen LogP contribution in [0.3, 0.4) is 0 Å². The quantitative estimate of drug-likeness (QED) is 0.805. The molecule has 2 aromatic carbocycles. The van der Waals surface area contributed by atoms with Crippen LogP contribution in [-0.4, -0.2) is 38.1 Å². The summed E-state index contributed by atoms with van der Waals surface area (Å²) in [6, 6.07) is 15.5. The lowest BCUT2D eigenvalue weighted by molar-refractivity contribution is 0.0963. The Morgan fingerprint density at radius 1 is 1.22 bits per heavy atom. The van der Waals surface area contributed by atoms with Crippen LogP contribution in [0.1, 0.15) is 15.9 Å². The summed E-state index contributed by atoms with van der Waals surface area (Å²) in [5.41, 5.74) is 1.85. The van der Waals surface area contributed by atoms with Gasteiger partial charge in [-0.05, 0) is 42.9 Å². The third-order valence-corrected chi connectivity index (χ3v) is 3.93. The molecule has 4 nitrogen and oxygen atoms in total. The molecule has 122 valence electrons. The first kappa shape index (κ1) is 17.5. The van der Waals surface area contributed by atoms with Crippen LogP contribution < -0.4 is 10.1 Å². The maximum atomic E-state index is 11.5. The zero-order valence-corrected chi connectivity index (χ0v) is 15.0. The van der Waals surface area contributed by atoms with E-state index in [1.165, 1.54) is 5.56 Å². The number of hydrogen-bond donors (Lipinski definition) is 1. The van der Waals surface area contributed by atoms with Crippen LogP contribution in [0.25, 0.3) is 0 Å². The summed E-state index contributed by atoms with van der Waals surface area (Å²) in [5.74, 6) is 0.801. The Balaban J connectivity index is 1.78. The zero-order valence-electron chi connectivity index (χ0n) is 13.4. The second kappa shape index (κ2) is 8.70. The summed E-state index contributed by atoms with van der Waals surface area (Å²) in [5, 5.41) is 2.62. The van der Waals surface area contributed by atoms with Gasteiger partial charge < -0.3 is 10.1 Å².